The molecule has 2 rings (SSSR count). The van der Waals surface area contributed by atoms with E-state index in [9.17, 15) is 13.2 Å². The predicted octanol–water partition coefficient (Wildman–Crippen LogP) is 4.96. The number of aromatic nitrogens is 1. The minimum atomic E-state index is -4.38. The summed E-state index contributed by atoms with van der Waals surface area (Å²) in [6, 6.07) is 4.83. The van der Waals surface area contributed by atoms with Crippen molar-refractivity contribution in [2.75, 3.05) is 19.8 Å². The molecule has 1 aromatic carbocycles. The third-order valence-corrected chi connectivity index (χ3v) is 3.34. The van der Waals surface area contributed by atoms with Gasteiger partial charge in [-0.3, -0.25) is 0 Å². The van der Waals surface area contributed by atoms with Crippen LogP contribution in [0.4, 0.5) is 13.2 Å². The molecule has 1 heterocycles. The zero-order valence-electron chi connectivity index (χ0n) is 14.3. The number of halogens is 3. The fourth-order valence-corrected chi connectivity index (χ4v) is 2.30. The van der Waals surface area contributed by atoms with Gasteiger partial charge < -0.3 is 14.2 Å². The summed E-state index contributed by atoms with van der Waals surface area (Å²) >= 11 is 0. The number of hydrogen-bond acceptors (Lipinski definition) is 4. The monoisotopic (exact) mass is 355 g/mol. The normalized spacial score (nSPS) is 11.3. The molecule has 7 heteroatoms. The quantitative estimate of drug-likeness (QED) is 0.704. The van der Waals surface area contributed by atoms with E-state index in [1.54, 1.807) is 0 Å². The van der Waals surface area contributed by atoms with E-state index in [4.69, 9.17) is 14.2 Å². The molecule has 0 aliphatic heterocycles. The molecule has 25 heavy (non-hydrogen) atoms. The first-order chi connectivity index (χ1) is 11.9. The average molecular weight is 355 g/mol. The van der Waals surface area contributed by atoms with Crippen LogP contribution in [0, 0.1) is 0 Å². The molecule has 136 valence electrons. The first-order valence-electron chi connectivity index (χ1n) is 8.01. The van der Waals surface area contributed by atoms with Crippen molar-refractivity contribution in [3.63, 3.8) is 0 Å². The number of benzene rings is 1. The van der Waals surface area contributed by atoms with Gasteiger partial charge in [-0.05, 0) is 38.5 Å². The van der Waals surface area contributed by atoms with Crippen LogP contribution < -0.4 is 14.2 Å². The Kier molecular flexibility index (Phi) is 6.12. The van der Waals surface area contributed by atoms with Gasteiger partial charge >= 0.3 is 6.18 Å². The first kappa shape index (κ1) is 18.9. The fourth-order valence-electron chi connectivity index (χ4n) is 2.30. The highest BCUT2D eigenvalue weighted by molar-refractivity contribution is 5.74. The summed E-state index contributed by atoms with van der Waals surface area (Å²) < 4.78 is 55.0. The van der Waals surface area contributed by atoms with Crippen LogP contribution in [0.1, 0.15) is 26.3 Å². The molecule has 1 aromatic heterocycles. The van der Waals surface area contributed by atoms with Crippen LogP contribution in [0.3, 0.4) is 0 Å². The Labute approximate surface area is 144 Å². The van der Waals surface area contributed by atoms with Crippen molar-refractivity contribution in [2.24, 2.45) is 0 Å². The van der Waals surface area contributed by atoms with E-state index in [1.807, 2.05) is 20.8 Å². The number of rotatable bonds is 7. The van der Waals surface area contributed by atoms with Crippen LogP contribution in [0.2, 0.25) is 0 Å². The molecule has 0 bridgehead atoms. The Balaban J connectivity index is 2.54. The molecule has 0 radical (unpaired) electrons. The summed E-state index contributed by atoms with van der Waals surface area (Å²) in [6.45, 7) is 6.59. The van der Waals surface area contributed by atoms with Crippen molar-refractivity contribution < 1.29 is 27.4 Å². The maximum absolute atomic E-state index is 12.8. The predicted molar refractivity (Wildman–Crippen MR) is 88.2 cm³/mol. The first-order valence-corrected chi connectivity index (χ1v) is 8.01. The average Bonchev–Trinajstić information content (AvgIpc) is 2.57. The Morgan fingerprint density at radius 1 is 0.840 bits per heavy atom. The Morgan fingerprint density at radius 3 is 1.92 bits per heavy atom. The van der Waals surface area contributed by atoms with Crippen LogP contribution in [0.25, 0.3) is 11.1 Å². The molecule has 0 unspecified atom stereocenters. The van der Waals surface area contributed by atoms with Crippen molar-refractivity contribution in [1.82, 2.24) is 4.98 Å². The van der Waals surface area contributed by atoms with Gasteiger partial charge in [0.1, 0.15) is 0 Å². The van der Waals surface area contributed by atoms with E-state index in [-0.39, 0.29) is 0 Å². The van der Waals surface area contributed by atoms with E-state index < -0.39 is 11.7 Å². The van der Waals surface area contributed by atoms with Gasteiger partial charge in [-0.25, -0.2) is 4.98 Å². The van der Waals surface area contributed by atoms with Gasteiger partial charge in [0.2, 0.25) is 5.75 Å². The van der Waals surface area contributed by atoms with Crippen LogP contribution in [0.5, 0.6) is 17.4 Å². The summed E-state index contributed by atoms with van der Waals surface area (Å²) in [5.41, 5.74) is 0.383. The van der Waals surface area contributed by atoms with E-state index in [0.29, 0.717) is 48.3 Å². The number of ether oxygens (including phenoxy) is 3. The molecule has 0 atom stereocenters. The molecule has 0 spiro atoms. The van der Waals surface area contributed by atoms with Crippen molar-refractivity contribution in [1.29, 1.82) is 0 Å². The molecule has 2 aromatic rings. The highest BCUT2D eigenvalue weighted by atomic mass is 19.4. The van der Waals surface area contributed by atoms with Gasteiger partial charge in [0.25, 0.3) is 5.88 Å². The second-order valence-corrected chi connectivity index (χ2v) is 5.01. The van der Waals surface area contributed by atoms with Crippen molar-refractivity contribution in [3.8, 4) is 28.5 Å². The second kappa shape index (κ2) is 8.09. The van der Waals surface area contributed by atoms with Gasteiger partial charge in [0.15, 0.2) is 5.75 Å². The van der Waals surface area contributed by atoms with Crippen molar-refractivity contribution in [3.05, 3.63) is 36.0 Å². The van der Waals surface area contributed by atoms with E-state index in [2.05, 4.69) is 4.98 Å². The number of pyridine rings is 1. The van der Waals surface area contributed by atoms with Gasteiger partial charge in [-0.2, -0.15) is 13.2 Å². The summed E-state index contributed by atoms with van der Waals surface area (Å²) in [4.78, 5) is 4.23. The highest BCUT2D eigenvalue weighted by Crippen LogP contribution is 2.43. The summed E-state index contributed by atoms with van der Waals surface area (Å²) in [6.07, 6.45) is -2.87. The van der Waals surface area contributed by atoms with Gasteiger partial charge in [0.05, 0.1) is 25.4 Å². The molecule has 4 nitrogen and oxygen atoms in total. The lowest BCUT2D eigenvalue weighted by molar-refractivity contribution is -0.137. The standard InChI is InChI=1S/C18H20F3NO3/c1-4-23-15-14(11-22-17(25-6-3)16(15)24-5-2)12-7-9-13(10-8-12)18(19,20)21/h7-11H,4-6H2,1-3H3. The lowest BCUT2D eigenvalue weighted by atomic mass is 10.0. The second-order valence-electron chi connectivity index (χ2n) is 5.01. The SMILES string of the molecule is CCOc1ncc(-c2ccc(C(F)(F)F)cc2)c(OCC)c1OCC. The maximum Gasteiger partial charge on any atom is 0.416 e. The highest BCUT2D eigenvalue weighted by Gasteiger charge is 2.30. The Morgan fingerprint density at radius 2 is 1.40 bits per heavy atom. The molecule has 0 saturated carbocycles. The van der Waals surface area contributed by atoms with Gasteiger partial charge in [-0.1, -0.05) is 12.1 Å². The largest absolute Gasteiger partial charge is 0.489 e. The molecular weight excluding hydrogens is 335 g/mol. The molecule has 0 amide bonds. The Hall–Kier alpha value is -2.44. The smallest absolute Gasteiger partial charge is 0.416 e. The number of alkyl halides is 3. The third kappa shape index (κ3) is 4.35. The van der Waals surface area contributed by atoms with Crippen LogP contribution in [-0.4, -0.2) is 24.8 Å². The van der Waals surface area contributed by atoms with Crippen molar-refractivity contribution in [2.45, 2.75) is 26.9 Å². The summed E-state index contributed by atoms with van der Waals surface area (Å²) in [5, 5.41) is 0. The van der Waals surface area contributed by atoms with Gasteiger partial charge in [-0.15, -0.1) is 0 Å². The summed E-state index contributed by atoms with van der Waals surface area (Å²) in [7, 11) is 0. The lowest BCUT2D eigenvalue weighted by Crippen LogP contribution is -2.06. The molecule has 0 saturated heterocycles. The van der Waals surface area contributed by atoms with E-state index in [0.717, 1.165) is 12.1 Å². The molecule has 0 fully saturated rings. The van der Waals surface area contributed by atoms with Crippen molar-refractivity contribution >= 4 is 0 Å². The number of hydrogen-bond donors (Lipinski definition) is 0. The fraction of sp³-hybridized carbons (Fsp3) is 0.389. The third-order valence-electron chi connectivity index (χ3n) is 3.34. The molecule has 0 aliphatic rings. The topological polar surface area (TPSA) is 40.6 Å². The zero-order chi connectivity index (χ0) is 18.4. The van der Waals surface area contributed by atoms with E-state index >= 15 is 0 Å². The van der Waals surface area contributed by atoms with Crippen LogP contribution in [0.15, 0.2) is 30.5 Å². The lowest BCUT2D eigenvalue weighted by Gasteiger charge is -2.18. The minimum Gasteiger partial charge on any atom is -0.489 e. The van der Waals surface area contributed by atoms with E-state index in [1.165, 1.54) is 18.3 Å². The van der Waals surface area contributed by atoms with Gasteiger partial charge in [0, 0.05) is 11.8 Å². The summed E-state index contributed by atoms with van der Waals surface area (Å²) in [5.74, 6) is 1.05. The molecular formula is C18H20F3NO3. The number of nitrogens with zero attached hydrogens (tertiary/aromatic N) is 1. The molecule has 0 aliphatic carbocycles. The minimum absolute atomic E-state index is 0.295. The van der Waals surface area contributed by atoms with Crippen LogP contribution in [-0.2, 0) is 6.18 Å². The molecule has 0 N–H and O–H groups in total. The van der Waals surface area contributed by atoms with Crippen LogP contribution >= 0.6 is 0 Å². The Bertz CT molecular complexity index is 700. The zero-order valence-corrected chi connectivity index (χ0v) is 14.3. The maximum atomic E-state index is 12.8.